The van der Waals surface area contributed by atoms with Crippen molar-refractivity contribution in [1.82, 2.24) is 4.90 Å². The van der Waals surface area contributed by atoms with Crippen LogP contribution in [-0.2, 0) is 17.6 Å². The molecule has 0 radical (unpaired) electrons. The summed E-state index contributed by atoms with van der Waals surface area (Å²) in [6, 6.07) is 14.4. The summed E-state index contributed by atoms with van der Waals surface area (Å²) in [5, 5.41) is 6.55. The summed E-state index contributed by atoms with van der Waals surface area (Å²) in [7, 11) is 0. The summed E-state index contributed by atoms with van der Waals surface area (Å²) in [4.78, 5) is 14.5. The molecule has 4 N–H and O–H groups in total. The zero-order chi connectivity index (χ0) is 18.6. The van der Waals surface area contributed by atoms with Crippen molar-refractivity contribution in [3.05, 3.63) is 53.6 Å². The average Bonchev–Trinajstić information content (AvgIpc) is 2.87. The number of ether oxygens (including phenoxy) is 1. The van der Waals surface area contributed by atoms with Crippen LogP contribution in [0.15, 0.2) is 42.5 Å². The van der Waals surface area contributed by atoms with Crippen molar-refractivity contribution in [2.45, 2.75) is 25.4 Å². The molecule has 0 aromatic heterocycles. The van der Waals surface area contributed by atoms with E-state index in [9.17, 15) is 4.79 Å². The molecular weight excluding hydrogens is 340 g/mol. The highest BCUT2D eigenvalue weighted by molar-refractivity contribution is 5.90. The molecule has 6 heteroatoms. The third-order valence-corrected chi connectivity index (χ3v) is 5.23. The number of carbonyl (C=O) groups is 1. The van der Waals surface area contributed by atoms with E-state index in [0.29, 0.717) is 26.2 Å². The van der Waals surface area contributed by atoms with Crippen LogP contribution in [0.1, 0.15) is 17.5 Å². The van der Waals surface area contributed by atoms with Crippen molar-refractivity contribution in [3.8, 4) is 0 Å². The van der Waals surface area contributed by atoms with Crippen molar-refractivity contribution < 1.29 is 9.53 Å². The Morgan fingerprint density at radius 3 is 2.85 bits per heavy atom. The zero-order valence-electron chi connectivity index (χ0n) is 15.4. The number of aryl methyl sites for hydroxylation is 2. The quantitative estimate of drug-likeness (QED) is 0.780. The van der Waals surface area contributed by atoms with Gasteiger partial charge in [0.1, 0.15) is 0 Å². The first kappa shape index (κ1) is 17.8. The third kappa shape index (κ3) is 4.07. The van der Waals surface area contributed by atoms with Gasteiger partial charge in [-0.15, -0.1) is 0 Å². The molecule has 1 saturated heterocycles. The lowest BCUT2D eigenvalue weighted by Crippen LogP contribution is -2.47. The van der Waals surface area contributed by atoms with Crippen molar-refractivity contribution in [2.24, 2.45) is 5.73 Å². The number of benzene rings is 2. The molecule has 0 bridgehead atoms. The van der Waals surface area contributed by atoms with Crippen LogP contribution in [0.25, 0.3) is 0 Å². The van der Waals surface area contributed by atoms with Crippen LogP contribution in [0.5, 0.6) is 0 Å². The van der Waals surface area contributed by atoms with Crippen LogP contribution in [0, 0.1) is 0 Å². The number of nitrogens with zero attached hydrogens (tertiary/aromatic N) is 1. The topological polar surface area (TPSA) is 79.6 Å². The van der Waals surface area contributed by atoms with E-state index >= 15 is 0 Å². The Morgan fingerprint density at radius 2 is 2.00 bits per heavy atom. The Kier molecular flexibility index (Phi) is 5.27. The lowest BCUT2D eigenvalue weighted by atomic mass is 10.0. The molecule has 4 rings (SSSR count). The molecule has 27 heavy (non-hydrogen) atoms. The van der Waals surface area contributed by atoms with Gasteiger partial charge in [0.15, 0.2) is 0 Å². The Hall–Kier alpha value is -2.57. The second kappa shape index (κ2) is 7.98. The fraction of sp³-hybridized carbons (Fsp3) is 0.381. The first-order chi connectivity index (χ1) is 13.2. The van der Waals surface area contributed by atoms with Crippen LogP contribution >= 0.6 is 0 Å². The summed E-state index contributed by atoms with van der Waals surface area (Å²) in [5.74, 6) is 0. The van der Waals surface area contributed by atoms with E-state index in [-0.39, 0.29) is 12.1 Å². The van der Waals surface area contributed by atoms with Gasteiger partial charge in [0.2, 0.25) is 0 Å². The van der Waals surface area contributed by atoms with E-state index in [4.69, 9.17) is 10.5 Å². The van der Waals surface area contributed by atoms with Gasteiger partial charge in [-0.1, -0.05) is 24.3 Å². The largest absolute Gasteiger partial charge is 0.374 e. The maximum absolute atomic E-state index is 12.7. The van der Waals surface area contributed by atoms with Crippen LogP contribution in [0.2, 0.25) is 0 Å². The second-order valence-electron chi connectivity index (χ2n) is 7.10. The summed E-state index contributed by atoms with van der Waals surface area (Å²) in [5.41, 5.74) is 11.2. The van der Waals surface area contributed by atoms with Gasteiger partial charge >= 0.3 is 6.03 Å². The molecule has 0 unspecified atom stereocenters. The van der Waals surface area contributed by atoms with Crippen molar-refractivity contribution in [1.29, 1.82) is 0 Å². The standard InChI is InChI=1S/C21H26N4O2/c22-10-9-18-14-25(11-12-27-18)21(26)23-17-8-7-16-6-5-15-3-1-2-4-19(15)24-20(16)13-17/h1-4,7-8,13,18,24H,5-6,9-12,14,22H2,(H,23,26)/t18-/m1/s1. The lowest BCUT2D eigenvalue weighted by Gasteiger charge is -2.32. The number of hydrogen-bond acceptors (Lipinski definition) is 4. The van der Waals surface area contributed by atoms with E-state index in [2.05, 4.69) is 34.9 Å². The van der Waals surface area contributed by atoms with Gasteiger partial charge in [0.05, 0.1) is 12.7 Å². The summed E-state index contributed by atoms with van der Waals surface area (Å²) in [6.45, 7) is 2.31. The molecule has 2 aliphatic rings. The number of urea groups is 1. The van der Waals surface area contributed by atoms with E-state index in [1.54, 1.807) is 4.90 Å². The second-order valence-corrected chi connectivity index (χ2v) is 7.10. The predicted molar refractivity (Wildman–Crippen MR) is 108 cm³/mol. The first-order valence-electron chi connectivity index (χ1n) is 9.58. The molecular formula is C21H26N4O2. The van der Waals surface area contributed by atoms with Crippen LogP contribution in [-0.4, -0.2) is 43.3 Å². The van der Waals surface area contributed by atoms with Crippen LogP contribution in [0.3, 0.4) is 0 Å². The molecule has 2 aliphatic heterocycles. The molecule has 1 atom stereocenters. The van der Waals surface area contributed by atoms with Crippen molar-refractivity contribution in [2.75, 3.05) is 36.9 Å². The normalized spacial score (nSPS) is 18.7. The van der Waals surface area contributed by atoms with Gasteiger partial charge in [-0.2, -0.15) is 0 Å². The summed E-state index contributed by atoms with van der Waals surface area (Å²) >= 11 is 0. The number of nitrogens with two attached hydrogens (primary N) is 1. The van der Waals surface area contributed by atoms with Crippen molar-refractivity contribution in [3.63, 3.8) is 0 Å². The third-order valence-electron chi connectivity index (χ3n) is 5.23. The Morgan fingerprint density at radius 1 is 1.19 bits per heavy atom. The number of morpholine rings is 1. The summed E-state index contributed by atoms with van der Waals surface area (Å²) < 4.78 is 5.66. The molecule has 6 nitrogen and oxygen atoms in total. The van der Waals surface area contributed by atoms with Gasteiger partial charge in [0.25, 0.3) is 0 Å². The number of carbonyl (C=O) groups excluding carboxylic acids is 1. The van der Waals surface area contributed by atoms with E-state index in [1.807, 2.05) is 18.2 Å². The fourth-order valence-corrected chi connectivity index (χ4v) is 3.73. The number of fused-ring (bicyclic) bond motifs is 2. The number of nitrogens with one attached hydrogen (secondary N) is 2. The first-order valence-corrected chi connectivity index (χ1v) is 9.58. The highest BCUT2D eigenvalue weighted by atomic mass is 16.5. The Bertz CT molecular complexity index is 822. The van der Waals surface area contributed by atoms with Gasteiger partial charge in [0, 0.05) is 30.2 Å². The van der Waals surface area contributed by atoms with E-state index < -0.39 is 0 Å². The van der Waals surface area contributed by atoms with E-state index in [1.165, 1.54) is 11.1 Å². The number of amides is 2. The SMILES string of the molecule is NCC[C@@H]1CN(C(=O)Nc2ccc3c(c2)Nc2ccccc2CC3)CCO1. The van der Waals surface area contributed by atoms with Crippen LogP contribution in [0.4, 0.5) is 21.9 Å². The minimum atomic E-state index is -0.0886. The molecule has 0 saturated carbocycles. The number of hydrogen-bond donors (Lipinski definition) is 3. The van der Waals surface area contributed by atoms with Gasteiger partial charge in [-0.3, -0.25) is 0 Å². The van der Waals surface area contributed by atoms with Gasteiger partial charge < -0.3 is 26.0 Å². The lowest BCUT2D eigenvalue weighted by molar-refractivity contribution is -0.0146. The molecule has 0 aliphatic carbocycles. The minimum Gasteiger partial charge on any atom is -0.374 e. The van der Waals surface area contributed by atoms with E-state index in [0.717, 1.165) is 36.3 Å². The summed E-state index contributed by atoms with van der Waals surface area (Å²) in [6.07, 6.45) is 2.79. The highest BCUT2D eigenvalue weighted by Gasteiger charge is 2.24. The monoisotopic (exact) mass is 366 g/mol. The zero-order valence-corrected chi connectivity index (χ0v) is 15.4. The molecule has 0 spiro atoms. The Labute approximate surface area is 159 Å². The minimum absolute atomic E-state index is 0.0275. The molecule has 1 fully saturated rings. The molecule has 2 aromatic carbocycles. The van der Waals surface area contributed by atoms with Crippen LogP contribution < -0.4 is 16.4 Å². The maximum Gasteiger partial charge on any atom is 0.322 e. The maximum atomic E-state index is 12.7. The molecule has 2 aromatic rings. The molecule has 2 amide bonds. The molecule has 2 heterocycles. The smallest absolute Gasteiger partial charge is 0.322 e. The van der Waals surface area contributed by atoms with Gasteiger partial charge in [-0.05, 0) is 55.1 Å². The Balaban J connectivity index is 1.46. The predicted octanol–water partition coefficient (Wildman–Crippen LogP) is 3.11. The average molecular weight is 366 g/mol. The number of rotatable bonds is 3. The fourth-order valence-electron chi connectivity index (χ4n) is 3.73. The van der Waals surface area contributed by atoms with Gasteiger partial charge in [-0.25, -0.2) is 4.79 Å². The highest BCUT2D eigenvalue weighted by Crippen LogP contribution is 2.31. The van der Waals surface area contributed by atoms with Crippen molar-refractivity contribution >= 4 is 23.1 Å². The molecule has 142 valence electrons. The number of anilines is 3. The number of para-hydroxylation sites is 1.